The number of pyridine rings is 1. The van der Waals surface area contributed by atoms with Gasteiger partial charge in [-0.15, -0.1) is 12.4 Å². The second-order valence-corrected chi connectivity index (χ2v) is 5.12. The maximum Gasteiger partial charge on any atom is 0.261 e. The number of halogens is 1. The Kier molecular flexibility index (Phi) is 5.05. The Bertz CT molecular complexity index is 696. The topological polar surface area (TPSA) is 92.3 Å². The van der Waals surface area contributed by atoms with Gasteiger partial charge in [0.1, 0.15) is 11.3 Å². The van der Waals surface area contributed by atoms with Gasteiger partial charge in [-0.2, -0.15) is 0 Å². The Morgan fingerprint density at radius 2 is 2.23 bits per heavy atom. The normalized spacial score (nSPS) is 17.3. The van der Waals surface area contributed by atoms with Crippen molar-refractivity contribution in [3.05, 3.63) is 46.4 Å². The van der Waals surface area contributed by atoms with Crippen LogP contribution in [0.4, 0.5) is 0 Å². The van der Waals surface area contributed by atoms with Crippen LogP contribution in [0.3, 0.4) is 0 Å². The van der Waals surface area contributed by atoms with Gasteiger partial charge in [0.15, 0.2) is 0 Å². The number of aromatic amines is 1. The number of nitrogens with one attached hydrogen (secondary N) is 1. The quantitative estimate of drug-likeness (QED) is 0.897. The lowest BCUT2D eigenvalue weighted by molar-refractivity contribution is 0.0739. The van der Waals surface area contributed by atoms with Crippen LogP contribution >= 0.6 is 12.4 Å². The van der Waals surface area contributed by atoms with Crippen molar-refractivity contribution < 1.29 is 9.21 Å². The second-order valence-electron chi connectivity index (χ2n) is 5.12. The van der Waals surface area contributed by atoms with Gasteiger partial charge in [-0.3, -0.25) is 9.59 Å². The van der Waals surface area contributed by atoms with Gasteiger partial charge in [-0.05, 0) is 37.1 Å². The molecule has 3 N–H and O–H groups in total. The van der Waals surface area contributed by atoms with E-state index in [4.69, 9.17) is 10.2 Å². The minimum atomic E-state index is -0.406. The molecule has 2 aromatic heterocycles. The third kappa shape index (κ3) is 2.93. The molecule has 1 fully saturated rings. The van der Waals surface area contributed by atoms with Crippen LogP contribution in [0.25, 0.3) is 11.5 Å². The number of H-pyrrole nitrogens is 1. The summed E-state index contributed by atoms with van der Waals surface area (Å²) in [6, 6.07) is 6.74. The molecule has 2 aromatic rings. The molecular formula is C15H18ClN3O3. The SMILES string of the molecule is Cl.NCC1CCCN1C(=O)c1ccc(-c2ccco2)[nH]c1=O. The largest absolute Gasteiger partial charge is 0.463 e. The molecule has 1 saturated heterocycles. The molecule has 0 radical (unpaired) electrons. The molecule has 3 rings (SSSR count). The molecule has 1 amide bonds. The van der Waals surface area contributed by atoms with E-state index >= 15 is 0 Å². The Morgan fingerprint density at radius 1 is 1.41 bits per heavy atom. The van der Waals surface area contributed by atoms with Crippen LogP contribution in [-0.2, 0) is 0 Å². The summed E-state index contributed by atoms with van der Waals surface area (Å²) >= 11 is 0. The summed E-state index contributed by atoms with van der Waals surface area (Å²) in [5.41, 5.74) is 5.97. The summed E-state index contributed by atoms with van der Waals surface area (Å²) < 4.78 is 5.23. The van der Waals surface area contributed by atoms with Gasteiger partial charge in [-0.1, -0.05) is 0 Å². The molecule has 6 nitrogen and oxygen atoms in total. The third-order valence-corrected chi connectivity index (χ3v) is 3.84. The second kappa shape index (κ2) is 6.81. The molecule has 7 heteroatoms. The minimum Gasteiger partial charge on any atom is -0.463 e. The highest BCUT2D eigenvalue weighted by Crippen LogP contribution is 2.19. The lowest BCUT2D eigenvalue weighted by atomic mass is 10.2. The van der Waals surface area contributed by atoms with E-state index in [0.29, 0.717) is 24.5 Å². The zero-order valence-electron chi connectivity index (χ0n) is 12.0. The molecule has 1 unspecified atom stereocenters. The number of nitrogens with zero attached hydrogens (tertiary/aromatic N) is 1. The fourth-order valence-corrected chi connectivity index (χ4v) is 2.72. The van der Waals surface area contributed by atoms with Crippen LogP contribution in [-0.4, -0.2) is 34.9 Å². The molecule has 0 spiro atoms. The summed E-state index contributed by atoms with van der Waals surface area (Å²) in [5, 5.41) is 0. The van der Waals surface area contributed by atoms with Crippen molar-refractivity contribution in [3.8, 4) is 11.5 Å². The van der Waals surface area contributed by atoms with Gasteiger partial charge >= 0.3 is 0 Å². The highest BCUT2D eigenvalue weighted by atomic mass is 35.5. The zero-order chi connectivity index (χ0) is 14.8. The standard InChI is InChI=1S/C15H17N3O3.ClH/c16-9-10-3-1-7-18(10)15(20)11-5-6-12(17-14(11)19)13-4-2-8-21-13;/h2,4-6,8,10H,1,3,7,9,16H2,(H,17,19);1H. The number of amides is 1. The van der Waals surface area contributed by atoms with Gasteiger partial charge in [0.2, 0.25) is 0 Å². The van der Waals surface area contributed by atoms with Crippen molar-refractivity contribution in [2.24, 2.45) is 5.73 Å². The summed E-state index contributed by atoms with van der Waals surface area (Å²) in [6.07, 6.45) is 3.35. The van der Waals surface area contributed by atoms with Crippen LogP contribution in [0.2, 0.25) is 0 Å². The first kappa shape index (κ1) is 16.3. The van der Waals surface area contributed by atoms with Crippen molar-refractivity contribution in [2.75, 3.05) is 13.1 Å². The van der Waals surface area contributed by atoms with E-state index in [-0.39, 0.29) is 29.9 Å². The number of hydrogen-bond acceptors (Lipinski definition) is 4. The van der Waals surface area contributed by atoms with E-state index in [2.05, 4.69) is 4.98 Å². The number of hydrogen-bond donors (Lipinski definition) is 2. The number of aromatic nitrogens is 1. The van der Waals surface area contributed by atoms with Crippen LogP contribution in [0, 0.1) is 0 Å². The number of carbonyl (C=O) groups is 1. The third-order valence-electron chi connectivity index (χ3n) is 3.84. The van der Waals surface area contributed by atoms with E-state index in [1.165, 1.54) is 6.26 Å². The first-order chi connectivity index (χ1) is 10.2. The maximum absolute atomic E-state index is 12.5. The molecular weight excluding hydrogens is 306 g/mol. The van der Waals surface area contributed by atoms with Crippen LogP contribution < -0.4 is 11.3 Å². The van der Waals surface area contributed by atoms with Crippen LogP contribution in [0.15, 0.2) is 39.7 Å². The van der Waals surface area contributed by atoms with Gasteiger partial charge in [-0.25, -0.2) is 0 Å². The lowest BCUT2D eigenvalue weighted by Crippen LogP contribution is -2.41. The van der Waals surface area contributed by atoms with E-state index in [9.17, 15) is 9.59 Å². The Balaban J connectivity index is 0.00000176. The molecule has 118 valence electrons. The summed E-state index contributed by atoms with van der Waals surface area (Å²) in [7, 11) is 0. The highest BCUT2D eigenvalue weighted by Gasteiger charge is 2.29. The molecule has 1 aliphatic heterocycles. The van der Waals surface area contributed by atoms with Crippen molar-refractivity contribution >= 4 is 18.3 Å². The molecule has 1 atom stereocenters. The molecule has 0 saturated carbocycles. The Labute approximate surface area is 133 Å². The smallest absolute Gasteiger partial charge is 0.261 e. The molecule has 22 heavy (non-hydrogen) atoms. The minimum absolute atomic E-state index is 0. The first-order valence-corrected chi connectivity index (χ1v) is 6.99. The predicted octanol–water partition coefficient (Wildman–Crippen LogP) is 1.62. The molecule has 0 aliphatic carbocycles. The van der Waals surface area contributed by atoms with Gasteiger partial charge in [0, 0.05) is 19.1 Å². The predicted molar refractivity (Wildman–Crippen MR) is 85.1 cm³/mol. The zero-order valence-corrected chi connectivity index (χ0v) is 12.8. The van der Waals surface area contributed by atoms with Gasteiger partial charge in [0.25, 0.3) is 11.5 Å². The summed E-state index contributed by atoms with van der Waals surface area (Å²) in [6.45, 7) is 1.08. The van der Waals surface area contributed by atoms with Crippen LogP contribution in [0.5, 0.6) is 0 Å². The number of nitrogens with two attached hydrogens (primary N) is 1. The lowest BCUT2D eigenvalue weighted by Gasteiger charge is -2.23. The first-order valence-electron chi connectivity index (χ1n) is 6.99. The number of furan rings is 1. The molecule has 1 aliphatic rings. The average Bonchev–Trinajstić information content (AvgIpc) is 3.17. The van der Waals surface area contributed by atoms with E-state index in [1.54, 1.807) is 29.2 Å². The average molecular weight is 324 g/mol. The Morgan fingerprint density at radius 3 is 2.86 bits per heavy atom. The molecule has 3 heterocycles. The molecule has 0 aromatic carbocycles. The van der Waals surface area contributed by atoms with E-state index in [1.807, 2.05) is 0 Å². The van der Waals surface area contributed by atoms with E-state index < -0.39 is 5.56 Å². The maximum atomic E-state index is 12.5. The molecule has 0 bridgehead atoms. The van der Waals surface area contributed by atoms with Gasteiger partial charge in [0.05, 0.1) is 12.0 Å². The van der Waals surface area contributed by atoms with Crippen molar-refractivity contribution in [3.63, 3.8) is 0 Å². The van der Waals surface area contributed by atoms with Gasteiger partial charge < -0.3 is 20.0 Å². The number of likely N-dealkylation sites (tertiary alicyclic amines) is 1. The monoisotopic (exact) mass is 323 g/mol. The summed E-state index contributed by atoms with van der Waals surface area (Å²) in [5.74, 6) is 0.308. The number of rotatable bonds is 3. The summed E-state index contributed by atoms with van der Waals surface area (Å²) in [4.78, 5) is 29.0. The van der Waals surface area contributed by atoms with Crippen molar-refractivity contribution in [2.45, 2.75) is 18.9 Å². The van der Waals surface area contributed by atoms with Crippen molar-refractivity contribution in [1.82, 2.24) is 9.88 Å². The fraction of sp³-hybridized carbons (Fsp3) is 0.333. The number of carbonyl (C=O) groups excluding carboxylic acids is 1. The Hall–Kier alpha value is -2.05. The van der Waals surface area contributed by atoms with E-state index in [0.717, 1.165) is 12.8 Å². The van der Waals surface area contributed by atoms with Crippen LogP contribution in [0.1, 0.15) is 23.2 Å². The highest BCUT2D eigenvalue weighted by molar-refractivity contribution is 5.94. The fourth-order valence-electron chi connectivity index (χ4n) is 2.72. The van der Waals surface area contributed by atoms with Crippen molar-refractivity contribution in [1.29, 1.82) is 0 Å².